The van der Waals surface area contributed by atoms with E-state index in [9.17, 15) is 4.79 Å². The molecule has 0 aromatic rings. The summed E-state index contributed by atoms with van der Waals surface area (Å²) in [6, 6.07) is 0. The number of aliphatic hydroxyl groups excluding tert-OH is 1. The van der Waals surface area contributed by atoms with E-state index in [0.29, 0.717) is 6.61 Å². The molecule has 0 rings (SSSR count). The van der Waals surface area contributed by atoms with Crippen molar-refractivity contribution >= 4 is 5.97 Å². The number of aliphatic hydroxyl groups is 1. The largest absolute Gasteiger partial charge is 0.466 e. The van der Waals surface area contributed by atoms with E-state index >= 15 is 0 Å². The fraction of sp³-hybridized carbons (Fsp3) is 0.824. The summed E-state index contributed by atoms with van der Waals surface area (Å²) in [4.78, 5) is 10.5. The Morgan fingerprint density at radius 2 is 1.35 bits per heavy atom. The second kappa shape index (κ2) is 16.2. The maximum Gasteiger partial charge on any atom is 0.302 e. The molecule has 3 nitrogen and oxygen atoms in total. The molecule has 0 amide bonds. The highest BCUT2D eigenvalue weighted by Crippen LogP contribution is 2.10. The molecule has 0 aliphatic rings. The van der Waals surface area contributed by atoms with Gasteiger partial charge in [-0.25, -0.2) is 0 Å². The van der Waals surface area contributed by atoms with E-state index in [1.165, 1.54) is 58.3 Å². The summed E-state index contributed by atoms with van der Waals surface area (Å²) in [7, 11) is 0. The highest BCUT2D eigenvalue weighted by atomic mass is 16.5. The Labute approximate surface area is 124 Å². The van der Waals surface area contributed by atoms with Gasteiger partial charge in [0.05, 0.1) is 6.61 Å². The zero-order valence-corrected chi connectivity index (χ0v) is 13.1. The van der Waals surface area contributed by atoms with Crippen LogP contribution >= 0.6 is 0 Å². The summed E-state index contributed by atoms with van der Waals surface area (Å²) in [5, 5.41) is 8.61. The van der Waals surface area contributed by atoms with Gasteiger partial charge in [0.25, 0.3) is 0 Å². The lowest BCUT2D eigenvalue weighted by Gasteiger charge is -2.03. The van der Waals surface area contributed by atoms with Gasteiger partial charge in [0.2, 0.25) is 0 Å². The first-order valence-corrected chi connectivity index (χ1v) is 8.16. The Morgan fingerprint density at radius 3 is 1.90 bits per heavy atom. The van der Waals surface area contributed by atoms with Crippen LogP contribution in [0.5, 0.6) is 0 Å². The molecule has 0 saturated heterocycles. The van der Waals surface area contributed by atoms with Gasteiger partial charge >= 0.3 is 5.97 Å². The quantitative estimate of drug-likeness (QED) is 0.292. The van der Waals surface area contributed by atoms with E-state index in [-0.39, 0.29) is 12.6 Å². The van der Waals surface area contributed by atoms with Gasteiger partial charge in [-0.2, -0.15) is 0 Å². The highest BCUT2D eigenvalue weighted by Gasteiger charge is 1.94. The molecule has 0 unspecified atom stereocenters. The van der Waals surface area contributed by atoms with Gasteiger partial charge in [0.15, 0.2) is 0 Å². The first-order valence-electron chi connectivity index (χ1n) is 8.16. The smallest absolute Gasteiger partial charge is 0.302 e. The van der Waals surface area contributed by atoms with Crippen molar-refractivity contribution in [2.24, 2.45) is 0 Å². The van der Waals surface area contributed by atoms with E-state index < -0.39 is 0 Å². The minimum atomic E-state index is -0.170. The molecule has 0 spiro atoms. The number of unbranched alkanes of at least 4 members (excludes halogenated alkanes) is 9. The lowest BCUT2D eigenvalue weighted by Crippen LogP contribution is -2.00. The summed E-state index contributed by atoms with van der Waals surface area (Å²) < 4.78 is 4.89. The van der Waals surface area contributed by atoms with Crippen molar-refractivity contribution in [2.75, 3.05) is 13.2 Å². The molecular weight excluding hydrogens is 252 g/mol. The molecule has 1 N–H and O–H groups in total. The Hall–Kier alpha value is -0.830. The molecule has 0 bridgehead atoms. The molecule has 0 saturated carbocycles. The van der Waals surface area contributed by atoms with E-state index in [2.05, 4.69) is 12.2 Å². The Bertz CT molecular complexity index is 236. The van der Waals surface area contributed by atoms with Crippen LogP contribution in [0.4, 0.5) is 0 Å². The van der Waals surface area contributed by atoms with Gasteiger partial charge in [-0.3, -0.25) is 4.79 Å². The Kier molecular flexibility index (Phi) is 15.6. The second-order valence-electron chi connectivity index (χ2n) is 5.29. The lowest BCUT2D eigenvalue weighted by atomic mass is 10.1. The number of carbonyl (C=O) groups is 1. The summed E-state index contributed by atoms with van der Waals surface area (Å²) in [6.07, 6.45) is 17.5. The van der Waals surface area contributed by atoms with Crippen molar-refractivity contribution in [1.82, 2.24) is 0 Å². The van der Waals surface area contributed by atoms with Crippen LogP contribution in [0.25, 0.3) is 0 Å². The normalized spacial score (nSPS) is 11.1. The van der Waals surface area contributed by atoms with Gasteiger partial charge in [0.1, 0.15) is 0 Å². The maximum absolute atomic E-state index is 10.5. The van der Waals surface area contributed by atoms with Gasteiger partial charge in [0, 0.05) is 13.5 Å². The van der Waals surface area contributed by atoms with Crippen LogP contribution in [-0.2, 0) is 9.53 Å². The van der Waals surface area contributed by atoms with E-state index in [0.717, 1.165) is 19.3 Å². The van der Waals surface area contributed by atoms with E-state index in [1.807, 2.05) is 0 Å². The van der Waals surface area contributed by atoms with Crippen LogP contribution in [0.2, 0.25) is 0 Å². The van der Waals surface area contributed by atoms with E-state index in [1.54, 1.807) is 0 Å². The molecule has 0 radical (unpaired) electrons. The van der Waals surface area contributed by atoms with Gasteiger partial charge in [-0.15, -0.1) is 0 Å². The third-order valence-corrected chi connectivity index (χ3v) is 3.28. The fourth-order valence-corrected chi connectivity index (χ4v) is 2.13. The zero-order chi connectivity index (χ0) is 14.9. The van der Waals surface area contributed by atoms with Crippen molar-refractivity contribution in [3.63, 3.8) is 0 Å². The molecule has 0 aliphatic heterocycles. The van der Waals surface area contributed by atoms with Crippen molar-refractivity contribution in [3.05, 3.63) is 12.2 Å². The summed E-state index contributed by atoms with van der Waals surface area (Å²) in [5.41, 5.74) is 0. The van der Waals surface area contributed by atoms with Crippen molar-refractivity contribution < 1.29 is 14.6 Å². The standard InChI is InChI=1S/C17H32O3/c1-17(19)20-16-14-12-10-8-6-4-2-3-5-7-9-11-13-15-18/h9,11,18H,2-8,10,12-16H2,1H3/b11-9-. The predicted molar refractivity (Wildman–Crippen MR) is 83.6 cm³/mol. The minimum absolute atomic E-state index is 0.170. The van der Waals surface area contributed by atoms with Crippen LogP contribution in [0.3, 0.4) is 0 Å². The topological polar surface area (TPSA) is 46.5 Å². The van der Waals surface area contributed by atoms with Gasteiger partial charge < -0.3 is 9.84 Å². The zero-order valence-electron chi connectivity index (χ0n) is 13.1. The molecule has 118 valence electrons. The number of ether oxygens (including phenoxy) is 1. The molecular formula is C17H32O3. The first-order chi connectivity index (χ1) is 9.77. The SMILES string of the molecule is CC(=O)OCCCCCCCCCCC/C=C\CCO. The number of hydrogen-bond acceptors (Lipinski definition) is 3. The van der Waals surface area contributed by atoms with Gasteiger partial charge in [-0.05, 0) is 25.7 Å². The van der Waals surface area contributed by atoms with Crippen LogP contribution in [0.1, 0.15) is 77.6 Å². The molecule has 0 atom stereocenters. The van der Waals surface area contributed by atoms with Crippen molar-refractivity contribution in [3.8, 4) is 0 Å². The van der Waals surface area contributed by atoms with Crippen LogP contribution in [0.15, 0.2) is 12.2 Å². The maximum atomic E-state index is 10.5. The summed E-state index contributed by atoms with van der Waals surface area (Å²) in [5.74, 6) is -0.170. The molecule has 0 aliphatic carbocycles. The Morgan fingerprint density at radius 1 is 0.850 bits per heavy atom. The Balaban J connectivity index is 3.01. The number of rotatable bonds is 14. The van der Waals surface area contributed by atoms with Gasteiger partial charge in [-0.1, -0.05) is 57.1 Å². The minimum Gasteiger partial charge on any atom is -0.466 e. The number of carbonyl (C=O) groups excluding carboxylic acids is 1. The summed E-state index contributed by atoms with van der Waals surface area (Å²) >= 11 is 0. The van der Waals surface area contributed by atoms with Crippen molar-refractivity contribution in [1.29, 1.82) is 0 Å². The molecule has 3 heteroatoms. The second-order valence-corrected chi connectivity index (χ2v) is 5.29. The lowest BCUT2D eigenvalue weighted by molar-refractivity contribution is -0.141. The monoisotopic (exact) mass is 284 g/mol. The fourth-order valence-electron chi connectivity index (χ4n) is 2.13. The average molecular weight is 284 g/mol. The molecule has 0 aromatic carbocycles. The summed E-state index contributed by atoms with van der Waals surface area (Å²) in [6.45, 7) is 2.30. The average Bonchev–Trinajstić information content (AvgIpc) is 2.43. The van der Waals surface area contributed by atoms with E-state index in [4.69, 9.17) is 9.84 Å². The number of esters is 1. The molecule has 0 fully saturated rings. The predicted octanol–water partition coefficient (Wildman–Crippen LogP) is 4.39. The first kappa shape index (κ1) is 19.2. The van der Waals surface area contributed by atoms with Crippen LogP contribution in [0, 0.1) is 0 Å². The van der Waals surface area contributed by atoms with Crippen LogP contribution in [-0.4, -0.2) is 24.3 Å². The highest BCUT2D eigenvalue weighted by molar-refractivity contribution is 5.65. The third kappa shape index (κ3) is 17.2. The third-order valence-electron chi connectivity index (χ3n) is 3.28. The molecule has 0 heterocycles. The molecule has 0 aromatic heterocycles. The van der Waals surface area contributed by atoms with Crippen LogP contribution < -0.4 is 0 Å². The number of hydrogen-bond donors (Lipinski definition) is 1. The number of allylic oxidation sites excluding steroid dienone is 1. The van der Waals surface area contributed by atoms with Crippen molar-refractivity contribution in [2.45, 2.75) is 77.6 Å². The molecule has 20 heavy (non-hydrogen) atoms.